The highest BCUT2D eigenvalue weighted by Crippen LogP contribution is 2.15. The van der Waals surface area contributed by atoms with E-state index in [2.05, 4.69) is 13.8 Å². The molecule has 1 N–H and O–H groups in total. The number of rotatable bonds is 33. The normalized spacial score (nSPS) is 12.2. The number of unbranched alkanes of at least 4 members (excludes halogenated alkanes) is 28. The first-order valence-electron chi connectivity index (χ1n) is 18.1. The Morgan fingerprint density at radius 1 is 0.436 bits per heavy atom. The topological polar surface area (TPSA) is 46.5 Å². The first-order chi connectivity index (χ1) is 19.2. The third-order valence-electron chi connectivity index (χ3n) is 8.35. The van der Waals surface area contributed by atoms with Gasteiger partial charge in [-0.05, 0) is 12.8 Å². The molecule has 0 aliphatic heterocycles. The van der Waals surface area contributed by atoms with E-state index >= 15 is 0 Å². The number of carbonyl (C=O) groups is 1. The van der Waals surface area contributed by atoms with Gasteiger partial charge >= 0.3 is 5.97 Å². The van der Waals surface area contributed by atoms with E-state index in [4.69, 9.17) is 4.74 Å². The van der Waals surface area contributed by atoms with Crippen molar-refractivity contribution in [3.05, 3.63) is 0 Å². The van der Waals surface area contributed by atoms with Gasteiger partial charge in [0.15, 0.2) is 6.10 Å². The molecule has 0 aromatic rings. The highest BCUT2D eigenvalue weighted by atomic mass is 16.5. The van der Waals surface area contributed by atoms with Crippen LogP contribution in [0.3, 0.4) is 0 Å². The zero-order chi connectivity index (χ0) is 28.5. The number of aliphatic hydroxyl groups is 1. The highest BCUT2D eigenvalue weighted by Gasteiger charge is 2.15. The van der Waals surface area contributed by atoms with Gasteiger partial charge in [-0.3, -0.25) is 0 Å². The van der Waals surface area contributed by atoms with Gasteiger partial charge in [0.25, 0.3) is 0 Å². The third kappa shape index (κ3) is 31.8. The Morgan fingerprint density at radius 2 is 0.692 bits per heavy atom. The lowest BCUT2D eigenvalue weighted by molar-refractivity contribution is -0.154. The first kappa shape index (κ1) is 38.4. The third-order valence-corrected chi connectivity index (χ3v) is 8.35. The molecule has 0 spiro atoms. The highest BCUT2D eigenvalue weighted by molar-refractivity contribution is 5.74. The summed E-state index contributed by atoms with van der Waals surface area (Å²) in [6.07, 6.45) is 39.5. The number of hydrogen-bond donors (Lipinski definition) is 1. The largest absolute Gasteiger partial charge is 0.464 e. The van der Waals surface area contributed by atoms with Gasteiger partial charge < -0.3 is 9.84 Å². The predicted octanol–water partition coefficient (Wildman–Crippen LogP) is 12.0. The molecular weight excluding hydrogens is 480 g/mol. The van der Waals surface area contributed by atoms with Crippen molar-refractivity contribution in [1.29, 1.82) is 0 Å². The fraction of sp³-hybridized carbons (Fsp3) is 0.972. The van der Waals surface area contributed by atoms with E-state index < -0.39 is 12.1 Å². The van der Waals surface area contributed by atoms with Crippen molar-refractivity contribution in [1.82, 2.24) is 0 Å². The lowest BCUT2D eigenvalue weighted by atomic mass is 10.0. The Hall–Kier alpha value is -0.570. The van der Waals surface area contributed by atoms with Crippen LogP contribution >= 0.6 is 0 Å². The van der Waals surface area contributed by atoms with E-state index in [0.29, 0.717) is 13.0 Å². The van der Waals surface area contributed by atoms with E-state index in [9.17, 15) is 9.90 Å². The number of hydrogen-bond acceptors (Lipinski definition) is 3. The van der Waals surface area contributed by atoms with Crippen LogP contribution in [0.4, 0.5) is 0 Å². The monoisotopic (exact) mass is 553 g/mol. The molecule has 0 amide bonds. The molecule has 1 unspecified atom stereocenters. The Kier molecular flexibility index (Phi) is 33.1. The van der Waals surface area contributed by atoms with Gasteiger partial charge in [0.2, 0.25) is 0 Å². The van der Waals surface area contributed by atoms with Crippen LogP contribution in [-0.4, -0.2) is 23.8 Å². The van der Waals surface area contributed by atoms with Crippen molar-refractivity contribution >= 4 is 5.97 Å². The van der Waals surface area contributed by atoms with Gasteiger partial charge in [-0.25, -0.2) is 4.79 Å². The summed E-state index contributed by atoms with van der Waals surface area (Å²) in [6.45, 7) is 5.03. The Balaban J connectivity index is 3.27. The number of ether oxygens (including phenoxy) is 1. The van der Waals surface area contributed by atoms with E-state index in [1.165, 1.54) is 167 Å². The second kappa shape index (κ2) is 33.6. The number of esters is 1. The summed E-state index contributed by atoms with van der Waals surface area (Å²) in [5.74, 6) is -0.411. The summed E-state index contributed by atoms with van der Waals surface area (Å²) >= 11 is 0. The smallest absolute Gasteiger partial charge is 0.334 e. The van der Waals surface area contributed by atoms with Crippen molar-refractivity contribution in [2.24, 2.45) is 0 Å². The molecule has 0 saturated heterocycles. The maximum Gasteiger partial charge on any atom is 0.334 e. The van der Waals surface area contributed by atoms with E-state index in [-0.39, 0.29) is 0 Å². The summed E-state index contributed by atoms with van der Waals surface area (Å²) in [5.41, 5.74) is 0. The number of aliphatic hydroxyl groups excluding tert-OH is 1. The molecule has 234 valence electrons. The van der Waals surface area contributed by atoms with Crippen LogP contribution in [0.15, 0.2) is 0 Å². The zero-order valence-electron chi connectivity index (χ0n) is 27.0. The molecule has 1 atom stereocenters. The van der Waals surface area contributed by atoms with Crippen LogP contribution in [0.25, 0.3) is 0 Å². The van der Waals surface area contributed by atoms with Crippen molar-refractivity contribution in [2.45, 2.75) is 219 Å². The standard InChI is InChI=1S/C36H72O3/c1-3-5-7-9-11-13-15-17-19-20-22-24-26-28-30-32-34-39-36(38)35(37)33-31-29-27-25-23-21-18-16-14-12-10-8-6-4-2/h35,37H,3-34H2,1-2H3. The average molecular weight is 553 g/mol. The SMILES string of the molecule is CCCCCCCCCCCCCCCCCCOC(=O)C(O)CCCCCCCCCCCCCCCC. The van der Waals surface area contributed by atoms with Gasteiger partial charge in [-0.1, -0.05) is 200 Å². The molecule has 3 nitrogen and oxygen atoms in total. The molecule has 0 fully saturated rings. The maximum atomic E-state index is 12.0. The van der Waals surface area contributed by atoms with Gasteiger partial charge in [0.1, 0.15) is 0 Å². The fourth-order valence-corrected chi connectivity index (χ4v) is 5.57. The van der Waals surface area contributed by atoms with Crippen molar-refractivity contribution < 1.29 is 14.6 Å². The molecule has 0 aliphatic carbocycles. The molecule has 0 aliphatic rings. The van der Waals surface area contributed by atoms with Gasteiger partial charge in [-0.2, -0.15) is 0 Å². The van der Waals surface area contributed by atoms with Crippen LogP contribution in [0.5, 0.6) is 0 Å². The van der Waals surface area contributed by atoms with E-state index in [1.807, 2.05) is 0 Å². The minimum atomic E-state index is -0.927. The van der Waals surface area contributed by atoms with Crippen LogP contribution in [0.1, 0.15) is 213 Å². The molecule has 0 saturated carbocycles. The molecule has 0 radical (unpaired) electrons. The molecular formula is C36H72O3. The summed E-state index contributed by atoms with van der Waals surface area (Å²) in [5, 5.41) is 10.1. The van der Waals surface area contributed by atoms with Crippen LogP contribution in [0.2, 0.25) is 0 Å². The second-order valence-corrected chi connectivity index (χ2v) is 12.4. The average Bonchev–Trinajstić information content (AvgIpc) is 2.94. The molecule has 0 heterocycles. The Labute approximate surface area is 246 Å². The van der Waals surface area contributed by atoms with Crippen LogP contribution in [-0.2, 0) is 9.53 Å². The minimum absolute atomic E-state index is 0.411. The van der Waals surface area contributed by atoms with Crippen LogP contribution < -0.4 is 0 Å². The molecule has 0 rings (SSSR count). The molecule has 3 heteroatoms. The zero-order valence-corrected chi connectivity index (χ0v) is 27.0. The Morgan fingerprint density at radius 3 is 1.00 bits per heavy atom. The molecule has 0 bridgehead atoms. The van der Waals surface area contributed by atoms with Crippen LogP contribution in [0, 0.1) is 0 Å². The first-order valence-corrected chi connectivity index (χ1v) is 18.1. The van der Waals surface area contributed by atoms with Crippen molar-refractivity contribution in [3.63, 3.8) is 0 Å². The number of carbonyl (C=O) groups excluding carboxylic acids is 1. The summed E-state index contributed by atoms with van der Waals surface area (Å²) < 4.78 is 5.30. The molecule has 0 aromatic carbocycles. The molecule has 0 aromatic heterocycles. The van der Waals surface area contributed by atoms with E-state index in [1.54, 1.807) is 0 Å². The van der Waals surface area contributed by atoms with Crippen molar-refractivity contribution in [2.75, 3.05) is 6.61 Å². The quantitative estimate of drug-likeness (QED) is 0.0650. The second-order valence-electron chi connectivity index (χ2n) is 12.4. The predicted molar refractivity (Wildman–Crippen MR) is 171 cm³/mol. The van der Waals surface area contributed by atoms with Gasteiger partial charge in [-0.15, -0.1) is 0 Å². The Bertz CT molecular complexity index is 464. The maximum absolute atomic E-state index is 12.0. The summed E-state index contributed by atoms with van der Waals surface area (Å²) in [4.78, 5) is 12.0. The minimum Gasteiger partial charge on any atom is -0.464 e. The summed E-state index contributed by atoms with van der Waals surface area (Å²) in [7, 11) is 0. The lowest BCUT2D eigenvalue weighted by Crippen LogP contribution is -2.23. The summed E-state index contributed by atoms with van der Waals surface area (Å²) in [6, 6.07) is 0. The van der Waals surface area contributed by atoms with E-state index in [0.717, 1.165) is 25.7 Å². The van der Waals surface area contributed by atoms with Gasteiger partial charge in [0, 0.05) is 0 Å². The lowest BCUT2D eigenvalue weighted by Gasteiger charge is -2.10. The van der Waals surface area contributed by atoms with Gasteiger partial charge in [0.05, 0.1) is 6.61 Å². The molecule has 39 heavy (non-hydrogen) atoms. The fourth-order valence-electron chi connectivity index (χ4n) is 5.57. The van der Waals surface area contributed by atoms with Crippen molar-refractivity contribution in [3.8, 4) is 0 Å².